The second kappa shape index (κ2) is 8.16. The van der Waals surface area contributed by atoms with Crippen molar-refractivity contribution in [3.05, 3.63) is 29.3 Å². The Morgan fingerprint density at radius 1 is 1.32 bits per heavy atom. The Hall–Kier alpha value is -1.64. The molecular formula is C17H23N5OS2. The molecule has 1 saturated heterocycles. The summed E-state index contributed by atoms with van der Waals surface area (Å²) < 4.78 is 0.809. The van der Waals surface area contributed by atoms with Crippen LogP contribution in [0, 0.1) is 6.92 Å². The van der Waals surface area contributed by atoms with Gasteiger partial charge in [-0.2, -0.15) is 0 Å². The molecule has 6 nitrogen and oxygen atoms in total. The number of likely N-dealkylation sites (N-methyl/N-ethyl adjacent to an activating group) is 1. The Balaban J connectivity index is 1.61. The van der Waals surface area contributed by atoms with Gasteiger partial charge in [-0.3, -0.25) is 4.79 Å². The van der Waals surface area contributed by atoms with Gasteiger partial charge in [-0.15, -0.1) is 10.2 Å². The van der Waals surface area contributed by atoms with Crippen LogP contribution in [-0.4, -0.2) is 59.5 Å². The molecule has 2 aromatic rings. The van der Waals surface area contributed by atoms with Gasteiger partial charge >= 0.3 is 0 Å². The molecule has 0 saturated carbocycles. The third kappa shape index (κ3) is 4.71. The number of aryl methyl sites for hydroxylation is 1. The van der Waals surface area contributed by atoms with Gasteiger partial charge < -0.3 is 15.1 Å². The summed E-state index contributed by atoms with van der Waals surface area (Å²) in [6, 6.07) is 6.15. The number of hydrogen-bond donors (Lipinski definition) is 1. The Morgan fingerprint density at radius 3 is 2.72 bits per heavy atom. The summed E-state index contributed by atoms with van der Waals surface area (Å²) in [5.41, 5.74) is 4.95. The number of benzene rings is 1. The Labute approximate surface area is 156 Å². The molecule has 1 aliphatic heterocycles. The maximum Gasteiger partial charge on any atom is 0.237 e. The molecule has 8 heteroatoms. The summed E-state index contributed by atoms with van der Waals surface area (Å²) in [6.45, 7) is 8.23. The lowest BCUT2D eigenvalue weighted by Crippen LogP contribution is -2.44. The molecule has 1 N–H and O–H groups in total. The number of carbonyl (C=O) groups is 1. The van der Waals surface area contributed by atoms with Crippen LogP contribution >= 0.6 is 23.1 Å². The first-order chi connectivity index (χ1) is 12.0. The van der Waals surface area contributed by atoms with E-state index in [9.17, 15) is 4.79 Å². The number of hydrogen-bond acceptors (Lipinski definition) is 7. The Morgan fingerprint density at radius 2 is 2.08 bits per heavy atom. The highest BCUT2D eigenvalue weighted by Crippen LogP contribution is 2.27. The molecule has 1 aliphatic rings. The summed E-state index contributed by atoms with van der Waals surface area (Å²) in [7, 11) is 2.16. The van der Waals surface area contributed by atoms with Crippen LogP contribution in [0.3, 0.4) is 0 Å². The van der Waals surface area contributed by atoms with Crippen molar-refractivity contribution >= 4 is 40.4 Å². The van der Waals surface area contributed by atoms with Crippen LogP contribution < -0.4 is 10.2 Å². The summed E-state index contributed by atoms with van der Waals surface area (Å²) in [5, 5.41) is 10.6. The summed E-state index contributed by atoms with van der Waals surface area (Å²) in [4.78, 5) is 17.1. The number of aromatic nitrogens is 2. The van der Waals surface area contributed by atoms with E-state index in [2.05, 4.69) is 45.4 Å². The van der Waals surface area contributed by atoms with Gasteiger partial charge in [0.2, 0.25) is 5.91 Å². The van der Waals surface area contributed by atoms with E-state index in [4.69, 9.17) is 0 Å². The van der Waals surface area contributed by atoms with Crippen molar-refractivity contribution < 1.29 is 4.79 Å². The van der Waals surface area contributed by atoms with Crippen molar-refractivity contribution in [2.24, 2.45) is 0 Å². The molecule has 1 unspecified atom stereocenters. The average Bonchev–Trinajstić information content (AvgIpc) is 3.09. The second-order valence-electron chi connectivity index (χ2n) is 6.25. The van der Waals surface area contributed by atoms with Gasteiger partial charge in [0.05, 0.1) is 5.25 Å². The lowest BCUT2D eigenvalue weighted by atomic mass is 10.1. The lowest BCUT2D eigenvalue weighted by molar-refractivity contribution is -0.115. The maximum atomic E-state index is 12.4. The van der Waals surface area contributed by atoms with Crippen LogP contribution in [0.2, 0.25) is 0 Å². The standard InChI is InChI=1S/C17H23N5OS2/c1-12-10-14(4-5-15(12)22-8-6-21(3)7-9-22)19-16(23)13(2)25-17-20-18-11-24-17/h4-5,10-11,13H,6-9H2,1-3H3,(H,19,23). The second-order valence-corrected chi connectivity index (χ2v) is 8.67. The molecule has 0 radical (unpaired) electrons. The van der Waals surface area contributed by atoms with E-state index in [0.29, 0.717) is 0 Å². The Kier molecular flexibility index (Phi) is 5.93. The first-order valence-electron chi connectivity index (χ1n) is 8.31. The fraction of sp³-hybridized carbons (Fsp3) is 0.471. The molecule has 1 fully saturated rings. The summed E-state index contributed by atoms with van der Waals surface area (Å²) in [5.74, 6) is -0.0213. The van der Waals surface area contributed by atoms with Crippen molar-refractivity contribution in [3.63, 3.8) is 0 Å². The fourth-order valence-electron chi connectivity index (χ4n) is 2.80. The molecule has 2 heterocycles. The zero-order valence-corrected chi connectivity index (χ0v) is 16.4. The van der Waals surface area contributed by atoms with E-state index >= 15 is 0 Å². The quantitative estimate of drug-likeness (QED) is 0.809. The van der Waals surface area contributed by atoms with Gasteiger partial charge in [-0.25, -0.2) is 0 Å². The molecule has 134 valence electrons. The highest BCUT2D eigenvalue weighted by Gasteiger charge is 2.18. The normalized spacial score (nSPS) is 16.7. The molecule has 3 rings (SSSR count). The van der Waals surface area contributed by atoms with Crippen LogP contribution in [0.4, 0.5) is 11.4 Å². The first kappa shape index (κ1) is 18.2. The highest BCUT2D eigenvalue weighted by atomic mass is 32.2. The molecule has 1 aromatic heterocycles. The largest absolute Gasteiger partial charge is 0.369 e. The van der Waals surface area contributed by atoms with E-state index in [1.165, 1.54) is 34.3 Å². The SMILES string of the molecule is Cc1cc(NC(=O)C(C)Sc2nncs2)ccc1N1CCN(C)CC1. The van der Waals surface area contributed by atoms with Crippen LogP contribution in [0.25, 0.3) is 0 Å². The van der Waals surface area contributed by atoms with Crippen molar-refractivity contribution in [3.8, 4) is 0 Å². The van der Waals surface area contributed by atoms with E-state index in [0.717, 1.165) is 36.2 Å². The van der Waals surface area contributed by atoms with Gasteiger partial charge in [0.15, 0.2) is 4.34 Å². The number of amides is 1. The first-order valence-corrected chi connectivity index (χ1v) is 10.1. The zero-order valence-electron chi connectivity index (χ0n) is 14.7. The molecule has 1 atom stereocenters. The minimum absolute atomic E-state index is 0.0213. The number of thioether (sulfide) groups is 1. The van der Waals surface area contributed by atoms with E-state index in [1.54, 1.807) is 5.51 Å². The predicted octanol–water partition coefficient (Wildman–Crippen LogP) is 2.72. The van der Waals surface area contributed by atoms with Gasteiger partial charge in [-0.05, 0) is 44.7 Å². The van der Waals surface area contributed by atoms with Crippen LogP contribution in [-0.2, 0) is 4.79 Å². The van der Waals surface area contributed by atoms with Gasteiger partial charge in [0.25, 0.3) is 0 Å². The molecule has 0 spiro atoms. The minimum atomic E-state index is -0.217. The van der Waals surface area contributed by atoms with E-state index in [1.807, 2.05) is 19.1 Å². The number of nitrogens with zero attached hydrogens (tertiary/aromatic N) is 4. The maximum absolute atomic E-state index is 12.4. The summed E-state index contributed by atoms with van der Waals surface area (Å²) >= 11 is 2.87. The minimum Gasteiger partial charge on any atom is -0.369 e. The van der Waals surface area contributed by atoms with E-state index < -0.39 is 0 Å². The predicted molar refractivity (Wildman–Crippen MR) is 105 cm³/mol. The van der Waals surface area contributed by atoms with Crippen molar-refractivity contribution in [2.75, 3.05) is 43.4 Å². The zero-order chi connectivity index (χ0) is 17.8. The fourth-order valence-corrected chi connectivity index (χ4v) is 4.42. The van der Waals surface area contributed by atoms with Gasteiger partial charge in [-0.1, -0.05) is 23.1 Å². The average molecular weight is 378 g/mol. The molecular weight excluding hydrogens is 354 g/mol. The number of piperazine rings is 1. The van der Waals surface area contributed by atoms with Crippen LogP contribution in [0.15, 0.2) is 28.0 Å². The highest BCUT2D eigenvalue weighted by molar-refractivity contribution is 8.02. The number of nitrogens with one attached hydrogen (secondary N) is 1. The monoisotopic (exact) mass is 377 g/mol. The summed E-state index contributed by atoms with van der Waals surface area (Å²) in [6.07, 6.45) is 0. The van der Waals surface area contributed by atoms with Gasteiger partial charge in [0.1, 0.15) is 5.51 Å². The molecule has 25 heavy (non-hydrogen) atoms. The van der Waals surface area contributed by atoms with Crippen LogP contribution in [0.5, 0.6) is 0 Å². The molecule has 0 bridgehead atoms. The van der Waals surface area contributed by atoms with Crippen molar-refractivity contribution in [1.29, 1.82) is 0 Å². The third-order valence-corrected chi connectivity index (χ3v) is 6.21. The lowest BCUT2D eigenvalue weighted by Gasteiger charge is -2.35. The van der Waals surface area contributed by atoms with Crippen LogP contribution in [0.1, 0.15) is 12.5 Å². The van der Waals surface area contributed by atoms with E-state index in [-0.39, 0.29) is 11.2 Å². The number of anilines is 2. The third-order valence-electron chi connectivity index (χ3n) is 4.30. The molecule has 0 aliphatic carbocycles. The number of carbonyl (C=O) groups excluding carboxylic acids is 1. The topological polar surface area (TPSA) is 61.4 Å². The molecule has 1 aromatic carbocycles. The Bertz CT molecular complexity index is 714. The van der Waals surface area contributed by atoms with Crippen molar-refractivity contribution in [1.82, 2.24) is 15.1 Å². The smallest absolute Gasteiger partial charge is 0.237 e. The van der Waals surface area contributed by atoms with Crippen molar-refractivity contribution in [2.45, 2.75) is 23.4 Å². The number of rotatable bonds is 5. The molecule has 1 amide bonds. The van der Waals surface area contributed by atoms with Gasteiger partial charge in [0, 0.05) is 37.6 Å².